The lowest BCUT2D eigenvalue weighted by Crippen LogP contribution is -2.00. The molecule has 4 nitrogen and oxygen atoms in total. The lowest BCUT2D eigenvalue weighted by molar-refractivity contribution is 0.478. The molecule has 0 saturated heterocycles. The molecule has 1 aromatic carbocycles. The molecule has 0 spiro atoms. The van der Waals surface area contributed by atoms with Crippen LogP contribution in [0.15, 0.2) is 40.9 Å². The quantitative estimate of drug-likeness (QED) is 0.776. The maximum Gasteiger partial charge on any atom is 0.213 e. The van der Waals surface area contributed by atoms with Gasteiger partial charge in [0.2, 0.25) is 5.89 Å². The summed E-state index contributed by atoms with van der Waals surface area (Å²) in [6, 6.07) is 10.0. The standard InChI is InChI=1S/C15H15N3O/c1-10-11(2)19-15(18-10)9-17-14-7-8-16-13-6-4-3-5-12(13)14/h3-8H,9H2,1-2H3,(H,16,17). The van der Waals surface area contributed by atoms with E-state index in [1.807, 2.05) is 38.1 Å². The highest BCUT2D eigenvalue weighted by atomic mass is 16.4. The number of para-hydroxylation sites is 1. The second-order valence-corrected chi connectivity index (χ2v) is 4.48. The van der Waals surface area contributed by atoms with Crippen molar-refractivity contribution in [1.29, 1.82) is 0 Å². The first-order valence-electron chi connectivity index (χ1n) is 6.24. The third-order valence-electron chi connectivity index (χ3n) is 3.15. The molecule has 0 atom stereocenters. The Hall–Kier alpha value is -2.36. The molecule has 0 aliphatic heterocycles. The van der Waals surface area contributed by atoms with E-state index < -0.39 is 0 Å². The summed E-state index contributed by atoms with van der Waals surface area (Å²) in [5.41, 5.74) is 2.96. The zero-order valence-electron chi connectivity index (χ0n) is 11.0. The van der Waals surface area contributed by atoms with Crippen LogP contribution in [0.4, 0.5) is 5.69 Å². The van der Waals surface area contributed by atoms with E-state index in [2.05, 4.69) is 21.4 Å². The largest absolute Gasteiger partial charge is 0.444 e. The van der Waals surface area contributed by atoms with Crippen molar-refractivity contribution in [3.8, 4) is 0 Å². The number of aryl methyl sites for hydroxylation is 2. The van der Waals surface area contributed by atoms with E-state index in [0.717, 1.165) is 28.0 Å². The molecule has 0 bridgehead atoms. The molecule has 0 fully saturated rings. The number of nitrogens with one attached hydrogen (secondary N) is 1. The number of nitrogens with zero attached hydrogens (tertiary/aromatic N) is 2. The minimum atomic E-state index is 0.572. The topological polar surface area (TPSA) is 51.0 Å². The fraction of sp³-hybridized carbons (Fsp3) is 0.200. The molecule has 0 amide bonds. The van der Waals surface area contributed by atoms with Gasteiger partial charge < -0.3 is 9.73 Å². The monoisotopic (exact) mass is 253 g/mol. The minimum Gasteiger partial charge on any atom is -0.444 e. The summed E-state index contributed by atoms with van der Waals surface area (Å²) in [4.78, 5) is 8.70. The molecule has 2 aromatic heterocycles. The lowest BCUT2D eigenvalue weighted by Gasteiger charge is -2.07. The van der Waals surface area contributed by atoms with Gasteiger partial charge in [-0.1, -0.05) is 18.2 Å². The van der Waals surface area contributed by atoms with Crippen molar-refractivity contribution in [1.82, 2.24) is 9.97 Å². The molecule has 19 heavy (non-hydrogen) atoms. The van der Waals surface area contributed by atoms with Gasteiger partial charge >= 0.3 is 0 Å². The number of oxazole rings is 1. The smallest absolute Gasteiger partial charge is 0.213 e. The number of fused-ring (bicyclic) bond motifs is 1. The Bertz CT molecular complexity index is 693. The van der Waals surface area contributed by atoms with Crippen LogP contribution < -0.4 is 5.32 Å². The molecular formula is C15H15N3O. The average molecular weight is 253 g/mol. The predicted molar refractivity (Wildman–Crippen MR) is 75.0 cm³/mol. The Morgan fingerprint density at radius 1 is 1.16 bits per heavy atom. The first-order valence-corrected chi connectivity index (χ1v) is 6.24. The average Bonchev–Trinajstić information content (AvgIpc) is 2.75. The molecule has 1 N–H and O–H groups in total. The number of anilines is 1. The van der Waals surface area contributed by atoms with E-state index in [1.54, 1.807) is 6.20 Å². The van der Waals surface area contributed by atoms with Crippen molar-refractivity contribution < 1.29 is 4.42 Å². The highest BCUT2D eigenvalue weighted by Crippen LogP contribution is 2.21. The molecule has 3 aromatic rings. The molecule has 3 rings (SSSR count). The predicted octanol–water partition coefficient (Wildman–Crippen LogP) is 3.45. The fourth-order valence-corrected chi connectivity index (χ4v) is 2.04. The summed E-state index contributed by atoms with van der Waals surface area (Å²) in [7, 11) is 0. The summed E-state index contributed by atoms with van der Waals surface area (Å²) in [6.07, 6.45) is 1.80. The fourth-order valence-electron chi connectivity index (χ4n) is 2.04. The van der Waals surface area contributed by atoms with E-state index in [1.165, 1.54) is 0 Å². The number of pyridine rings is 1. The van der Waals surface area contributed by atoms with E-state index in [4.69, 9.17) is 4.42 Å². The van der Waals surface area contributed by atoms with Crippen LogP contribution in [0, 0.1) is 13.8 Å². The van der Waals surface area contributed by atoms with Crippen LogP contribution in [0.1, 0.15) is 17.3 Å². The molecule has 0 radical (unpaired) electrons. The van der Waals surface area contributed by atoms with Gasteiger partial charge in [-0.15, -0.1) is 0 Å². The first-order chi connectivity index (χ1) is 9.24. The van der Waals surface area contributed by atoms with E-state index in [-0.39, 0.29) is 0 Å². The molecular weight excluding hydrogens is 238 g/mol. The summed E-state index contributed by atoms with van der Waals surface area (Å²) in [6.45, 7) is 4.44. The SMILES string of the molecule is Cc1nc(CNc2ccnc3ccccc23)oc1C. The van der Waals surface area contributed by atoms with Gasteiger partial charge in [-0.25, -0.2) is 4.98 Å². The Balaban J connectivity index is 1.85. The van der Waals surface area contributed by atoms with Crippen molar-refractivity contribution in [2.75, 3.05) is 5.32 Å². The number of benzene rings is 1. The van der Waals surface area contributed by atoms with Gasteiger partial charge in [0, 0.05) is 17.3 Å². The Morgan fingerprint density at radius 2 is 2.00 bits per heavy atom. The molecule has 4 heteroatoms. The Morgan fingerprint density at radius 3 is 2.79 bits per heavy atom. The molecule has 0 unspecified atom stereocenters. The van der Waals surface area contributed by atoms with Gasteiger partial charge in [-0.3, -0.25) is 4.98 Å². The van der Waals surface area contributed by atoms with Crippen LogP contribution in [-0.4, -0.2) is 9.97 Å². The van der Waals surface area contributed by atoms with Gasteiger partial charge in [-0.2, -0.15) is 0 Å². The number of aromatic nitrogens is 2. The summed E-state index contributed by atoms with van der Waals surface area (Å²) in [5, 5.41) is 4.45. The molecule has 0 aliphatic carbocycles. The zero-order chi connectivity index (χ0) is 13.2. The Kier molecular flexibility index (Phi) is 2.91. The van der Waals surface area contributed by atoms with Crippen molar-refractivity contribution in [2.45, 2.75) is 20.4 Å². The van der Waals surface area contributed by atoms with Gasteiger partial charge in [0.15, 0.2) is 0 Å². The van der Waals surface area contributed by atoms with E-state index >= 15 is 0 Å². The van der Waals surface area contributed by atoms with Crippen LogP contribution in [0.3, 0.4) is 0 Å². The number of rotatable bonds is 3. The summed E-state index contributed by atoms with van der Waals surface area (Å²) in [5.74, 6) is 1.58. The first kappa shape index (κ1) is 11.7. The molecule has 0 aliphatic rings. The Labute approximate surface area is 111 Å². The lowest BCUT2D eigenvalue weighted by atomic mass is 10.2. The van der Waals surface area contributed by atoms with Gasteiger partial charge in [0.05, 0.1) is 17.8 Å². The van der Waals surface area contributed by atoms with Gasteiger partial charge in [0.25, 0.3) is 0 Å². The molecule has 2 heterocycles. The summed E-state index contributed by atoms with van der Waals surface area (Å²) < 4.78 is 5.56. The van der Waals surface area contributed by atoms with Crippen molar-refractivity contribution >= 4 is 16.6 Å². The van der Waals surface area contributed by atoms with Crippen LogP contribution in [0.25, 0.3) is 10.9 Å². The van der Waals surface area contributed by atoms with Crippen LogP contribution in [-0.2, 0) is 6.54 Å². The second-order valence-electron chi connectivity index (χ2n) is 4.48. The van der Waals surface area contributed by atoms with E-state index in [0.29, 0.717) is 12.4 Å². The van der Waals surface area contributed by atoms with Gasteiger partial charge in [0.1, 0.15) is 5.76 Å². The normalized spacial score (nSPS) is 10.8. The maximum atomic E-state index is 5.56. The zero-order valence-corrected chi connectivity index (χ0v) is 11.0. The summed E-state index contributed by atoms with van der Waals surface area (Å²) >= 11 is 0. The highest BCUT2D eigenvalue weighted by molar-refractivity contribution is 5.90. The third-order valence-corrected chi connectivity index (χ3v) is 3.15. The van der Waals surface area contributed by atoms with Crippen molar-refractivity contribution in [3.05, 3.63) is 53.9 Å². The van der Waals surface area contributed by atoms with E-state index in [9.17, 15) is 0 Å². The number of hydrogen-bond acceptors (Lipinski definition) is 4. The molecule has 0 saturated carbocycles. The van der Waals surface area contributed by atoms with Crippen molar-refractivity contribution in [3.63, 3.8) is 0 Å². The number of hydrogen-bond donors (Lipinski definition) is 1. The molecule has 96 valence electrons. The van der Waals surface area contributed by atoms with Crippen LogP contribution >= 0.6 is 0 Å². The maximum absolute atomic E-state index is 5.56. The van der Waals surface area contributed by atoms with Gasteiger partial charge in [-0.05, 0) is 26.0 Å². The second kappa shape index (κ2) is 4.72. The van der Waals surface area contributed by atoms with Crippen LogP contribution in [0.2, 0.25) is 0 Å². The minimum absolute atomic E-state index is 0.572. The third kappa shape index (κ3) is 2.29. The van der Waals surface area contributed by atoms with Crippen LogP contribution in [0.5, 0.6) is 0 Å². The van der Waals surface area contributed by atoms with Crippen molar-refractivity contribution in [2.24, 2.45) is 0 Å². The highest BCUT2D eigenvalue weighted by Gasteiger charge is 2.06.